The molecule has 64 heavy (non-hydrogen) atoms. The summed E-state index contributed by atoms with van der Waals surface area (Å²) in [5.41, 5.74) is 11.9. The third kappa shape index (κ3) is 7.02. The van der Waals surface area contributed by atoms with Crippen molar-refractivity contribution in [2.75, 3.05) is 4.90 Å². The van der Waals surface area contributed by atoms with Crippen LogP contribution in [0.1, 0.15) is 22.3 Å². The van der Waals surface area contributed by atoms with Gasteiger partial charge in [0, 0.05) is 55.8 Å². The summed E-state index contributed by atoms with van der Waals surface area (Å²) in [4.78, 5) is 12.0. The lowest BCUT2D eigenvalue weighted by Gasteiger charge is -2.25. The molecule has 10 aromatic rings. The van der Waals surface area contributed by atoms with Crippen molar-refractivity contribution < 1.29 is 0 Å². The lowest BCUT2D eigenvalue weighted by atomic mass is 9.91. The normalized spacial score (nSPS) is 10.8. The minimum absolute atomic E-state index is 0.312. The summed E-state index contributed by atoms with van der Waals surface area (Å²) < 4.78 is 2.25. The van der Waals surface area contributed by atoms with E-state index >= 15 is 0 Å². The SMILES string of the molecule is N#Cc1cccc(-c2cc(-c3cc(C#N)c(-c4ccc(-n5c6ccccc6c6cc(N(c7ccccc7)c7ccccc7)ccc65)cc4)c(C#N)c3)nc(-c3cccc(C#N)c3)n2)c1. The molecule has 0 spiro atoms. The van der Waals surface area contributed by atoms with Crippen molar-refractivity contribution in [1.29, 1.82) is 21.0 Å². The van der Waals surface area contributed by atoms with E-state index < -0.39 is 0 Å². The maximum Gasteiger partial charge on any atom is 0.160 e. The van der Waals surface area contributed by atoms with Crippen molar-refractivity contribution >= 4 is 38.9 Å². The summed E-state index contributed by atoms with van der Waals surface area (Å²) in [7, 11) is 0. The fourth-order valence-corrected chi connectivity index (χ4v) is 8.38. The van der Waals surface area contributed by atoms with Crippen LogP contribution in [-0.4, -0.2) is 14.5 Å². The van der Waals surface area contributed by atoms with Crippen LogP contribution in [0.15, 0.2) is 194 Å². The van der Waals surface area contributed by atoms with Gasteiger partial charge in [-0.05, 0) is 109 Å². The number of nitrogens with zero attached hydrogens (tertiary/aromatic N) is 8. The van der Waals surface area contributed by atoms with Gasteiger partial charge in [-0.3, -0.25) is 0 Å². The van der Waals surface area contributed by atoms with Gasteiger partial charge in [-0.2, -0.15) is 21.0 Å². The number of para-hydroxylation sites is 3. The molecule has 2 aromatic heterocycles. The maximum atomic E-state index is 10.6. The van der Waals surface area contributed by atoms with Crippen LogP contribution < -0.4 is 4.90 Å². The molecule has 0 N–H and O–H groups in total. The van der Waals surface area contributed by atoms with E-state index in [-0.39, 0.29) is 0 Å². The van der Waals surface area contributed by atoms with Gasteiger partial charge in [0.15, 0.2) is 5.82 Å². The van der Waals surface area contributed by atoms with Crippen LogP contribution in [0.3, 0.4) is 0 Å². The molecule has 8 aromatic carbocycles. The van der Waals surface area contributed by atoms with E-state index in [1.54, 1.807) is 54.6 Å². The Morgan fingerprint density at radius 1 is 0.391 bits per heavy atom. The third-order valence-corrected chi connectivity index (χ3v) is 11.3. The fourth-order valence-electron chi connectivity index (χ4n) is 8.38. The van der Waals surface area contributed by atoms with E-state index in [0.29, 0.717) is 61.7 Å². The molecule has 0 unspecified atom stereocenters. The molecular weight excluding hydrogens is 785 g/mol. The summed E-state index contributed by atoms with van der Waals surface area (Å²) in [6.45, 7) is 0. The Labute approximate surface area is 369 Å². The Morgan fingerprint density at radius 2 is 0.953 bits per heavy atom. The lowest BCUT2D eigenvalue weighted by molar-refractivity contribution is 1.18. The second kappa shape index (κ2) is 16.5. The van der Waals surface area contributed by atoms with Crippen LogP contribution in [0.25, 0.3) is 72.5 Å². The first-order valence-corrected chi connectivity index (χ1v) is 20.5. The number of aromatic nitrogens is 3. The van der Waals surface area contributed by atoms with Crippen LogP contribution in [0.4, 0.5) is 17.1 Å². The molecule has 8 nitrogen and oxygen atoms in total. The molecule has 0 fully saturated rings. The molecule has 296 valence electrons. The summed E-state index contributed by atoms with van der Waals surface area (Å²) in [5.74, 6) is 0.356. The summed E-state index contributed by atoms with van der Waals surface area (Å²) in [6.07, 6.45) is 0. The highest BCUT2D eigenvalue weighted by Crippen LogP contribution is 2.40. The standard InChI is InChI=1S/C56H32N8/c57-33-37-11-9-13-40(27-37)51-32-52(62-56(61-51)41-14-10-12-38(28-41)34-58)42-29-43(35-59)55(44(30-42)36-60)39-21-23-47(24-22-39)64-53-20-8-7-19-49(53)50-31-48(25-26-54(50)64)63(45-15-3-1-4-16-45)46-17-5-2-6-18-46/h1-32H. The molecule has 2 heterocycles. The lowest BCUT2D eigenvalue weighted by Crippen LogP contribution is -2.09. The Bertz CT molecular complexity index is 3450. The molecule has 0 atom stereocenters. The molecule has 8 heteroatoms. The quantitative estimate of drug-likeness (QED) is 0.149. The zero-order valence-electron chi connectivity index (χ0n) is 34.1. The molecule has 0 saturated carbocycles. The van der Waals surface area contributed by atoms with Crippen molar-refractivity contribution in [3.05, 3.63) is 216 Å². The average Bonchev–Trinajstić information content (AvgIpc) is 3.70. The van der Waals surface area contributed by atoms with Gasteiger partial charge in [-0.25, -0.2) is 9.97 Å². The van der Waals surface area contributed by atoms with E-state index in [9.17, 15) is 21.0 Å². The van der Waals surface area contributed by atoms with Crippen molar-refractivity contribution in [2.45, 2.75) is 0 Å². The van der Waals surface area contributed by atoms with Crippen LogP contribution in [-0.2, 0) is 0 Å². The van der Waals surface area contributed by atoms with Crippen molar-refractivity contribution in [3.63, 3.8) is 0 Å². The number of rotatable bonds is 8. The number of anilines is 3. The van der Waals surface area contributed by atoms with Gasteiger partial charge < -0.3 is 9.47 Å². The first-order valence-electron chi connectivity index (χ1n) is 20.5. The predicted octanol–water partition coefficient (Wildman–Crippen LogP) is 13.2. The highest BCUT2D eigenvalue weighted by molar-refractivity contribution is 6.10. The van der Waals surface area contributed by atoms with Gasteiger partial charge in [-0.1, -0.05) is 91.0 Å². The summed E-state index contributed by atoms with van der Waals surface area (Å²) in [5, 5.41) is 42.8. The van der Waals surface area contributed by atoms with Crippen LogP contribution in [0, 0.1) is 45.3 Å². The van der Waals surface area contributed by atoms with E-state index in [2.05, 4.69) is 119 Å². The van der Waals surface area contributed by atoms with Gasteiger partial charge in [-0.15, -0.1) is 0 Å². The Morgan fingerprint density at radius 3 is 1.58 bits per heavy atom. The molecule has 0 aliphatic rings. The predicted molar refractivity (Wildman–Crippen MR) is 252 cm³/mol. The average molecular weight is 817 g/mol. The molecule has 0 aliphatic carbocycles. The van der Waals surface area contributed by atoms with Crippen molar-refractivity contribution in [1.82, 2.24) is 14.5 Å². The minimum Gasteiger partial charge on any atom is -0.310 e. The summed E-state index contributed by atoms with van der Waals surface area (Å²) in [6, 6.07) is 72.1. The highest BCUT2D eigenvalue weighted by atomic mass is 15.1. The van der Waals surface area contributed by atoms with Gasteiger partial charge >= 0.3 is 0 Å². The van der Waals surface area contributed by atoms with E-state index in [4.69, 9.17) is 9.97 Å². The Hall–Kier alpha value is -9.60. The molecule has 0 saturated heterocycles. The molecule has 0 radical (unpaired) electrons. The van der Waals surface area contributed by atoms with Gasteiger partial charge in [0.1, 0.15) is 0 Å². The second-order valence-corrected chi connectivity index (χ2v) is 15.1. The Kier molecular flexibility index (Phi) is 9.92. The minimum atomic E-state index is 0.312. The number of benzene rings is 8. The van der Waals surface area contributed by atoms with Gasteiger partial charge in [0.2, 0.25) is 0 Å². The largest absolute Gasteiger partial charge is 0.310 e. The van der Waals surface area contributed by atoms with Crippen LogP contribution >= 0.6 is 0 Å². The zero-order chi connectivity index (χ0) is 43.6. The second-order valence-electron chi connectivity index (χ2n) is 15.1. The van der Waals surface area contributed by atoms with Crippen LogP contribution in [0.5, 0.6) is 0 Å². The van der Waals surface area contributed by atoms with Crippen molar-refractivity contribution in [2.24, 2.45) is 0 Å². The van der Waals surface area contributed by atoms with Gasteiger partial charge in [0.05, 0.1) is 69.0 Å². The molecule has 0 amide bonds. The van der Waals surface area contributed by atoms with E-state index in [0.717, 1.165) is 50.1 Å². The van der Waals surface area contributed by atoms with E-state index in [1.165, 1.54) is 0 Å². The molecule has 10 rings (SSSR count). The monoisotopic (exact) mass is 816 g/mol. The maximum absolute atomic E-state index is 10.6. The third-order valence-electron chi connectivity index (χ3n) is 11.3. The number of hydrogen-bond acceptors (Lipinski definition) is 7. The number of nitriles is 4. The topological polar surface area (TPSA) is 129 Å². The van der Waals surface area contributed by atoms with Gasteiger partial charge in [0.25, 0.3) is 0 Å². The zero-order valence-corrected chi connectivity index (χ0v) is 34.1. The van der Waals surface area contributed by atoms with Crippen LogP contribution in [0.2, 0.25) is 0 Å². The smallest absolute Gasteiger partial charge is 0.160 e. The first-order chi connectivity index (χ1) is 31.5. The molecular formula is C56H32N8. The Balaban J connectivity index is 1.06. The summed E-state index contributed by atoms with van der Waals surface area (Å²) >= 11 is 0. The first kappa shape index (κ1) is 38.6. The number of hydrogen-bond donors (Lipinski definition) is 0. The molecule has 0 bridgehead atoms. The number of fused-ring (bicyclic) bond motifs is 3. The van der Waals surface area contributed by atoms with E-state index in [1.807, 2.05) is 54.6 Å². The molecule has 0 aliphatic heterocycles. The highest BCUT2D eigenvalue weighted by Gasteiger charge is 2.20. The fraction of sp³-hybridized carbons (Fsp3) is 0. The van der Waals surface area contributed by atoms with Crippen molar-refractivity contribution in [3.8, 4) is 75.0 Å².